The first-order valence-electron chi connectivity index (χ1n) is 6.59. The van der Waals surface area contributed by atoms with Gasteiger partial charge in [-0.1, -0.05) is 30.3 Å². The number of aromatic nitrogens is 2. The maximum atomic E-state index is 12.1. The molecule has 0 saturated carbocycles. The summed E-state index contributed by atoms with van der Waals surface area (Å²) >= 11 is 0. The normalized spacial score (nSPS) is 9.95. The van der Waals surface area contributed by atoms with E-state index in [4.69, 9.17) is 5.26 Å². The molecule has 0 aliphatic heterocycles. The molecule has 0 aliphatic carbocycles. The van der Waals surface area contributed by atoms with E-state index in [1.165, 1.54) is 10.9 Å². The van der Waals surface area contributed by atoms with Crippen LogP contribution in [0, 0.1) is 11.3 Å². The van der Waals surface area contributed by atoms with Crippen LogP contribution in [0.15, 0.2) is 36.5 Å². The molecule has 0 unspecified atom stereocenters. The van der Waals surface area contributed by atoms with Gasteiger partial charge in [-0.05, 0) is 0 Å². The molecule has 2 aromatic rings. The smallest absolute Gasteiger partial charge is 0.255 e. The van der Waals surface area contributed by atoms with Crippen molar-refractivity contribution in [3.05, 3.63) is 42.1 Å². The van der Waals surface area contributed by atoms with Crippen LogP contribution >= 0.6 is 0 Å². The predicted octanol–water partition coefficient (Wildman–Crippen LogP) is -0.0565. The quantitative estimate of drug-likeness (QED) is 0.803. The number of carbonyl (C=O) groups excluding carboxylic acids is 2. The predicted molar refractivity (Wildman–Crippen MR) is 75.2 cm³/mol. The lowest BCUT2D eigenvalue weighted by atomic mass is 10.1. The van der Waals surface area contributed by atoms with Gasteiger partial charge >= 0.3 is 0 Å². The first-order valence-corrected chi connectivity index (χ1v) is 6.59. The zero-order valence-electron chi connectivity index (χ0n) is 11.7. The molecule has 0 spiro atoms. The molecule has 1 N–H and O–H groups in total. The van der Waals surface area contributed by atoms with Gasteiger partial charge in [0.25, 0.3) is 5.91 Å². The highest BCUT2D eigenvalue weighted by Gasteiger charge is 2.17. The monoisotopic (exact) mass is 297 g/mol. The average Bonchev–Trinajstić information content (AvgIpc) is 2.95. The van der Waals surface area contributed by atoms with Crippen molar-refractivity contribution < 1.29 is 14.7 Å². The number of hydrogen-bond acceptors (Lipinski definition) is 5. The Kier molecular flexibility index (Phi) is 4.88. The van der Waals surface area contributed by atoms with Crippen molar-refractivity contribution in [2.45, 2.75) is 13.0 Å². The standard InChI is InChI=1S/C15H14N4O3/c16-7-4-8-19-10-12(15(22)17-9-13(20)21)14(18-19)11-5-2-1-3-6-11/h1-3,5-6,10H,4,8-9H2,(H,17,22)(H,20,21)/p-1. The van der Waals surface area contributed by atoms with Gasteiger partial charge in [-0.15, -0.1) is 0 Å². The fourth-order valence-corrected chi connectivity index (χ4v) is 1.92. The van der Waals surface area contributed by atoms with Crippen LogP contribution in [0.4, 0.5) is 0 Å². The van der Waals surface area contributed by atoms with Gasteiger partial charge in [0.15, 0.2) is 0 Å². The summed E-state index contributed by atoms with van der Waals surface area (Å²) in [7, 11) is 0. The van der Waals surface area contributed by atoms with E-state index in [1.807, 2.05) is 24.3 Å². The highest BCUT2D eigenvalue weighted by atomic mass is 16.4. The third-order valence-electron chi connectivity index (χ3n) is 2.90. The second-order valence-corrected chi connectivity index (χ2v) is 4.48. The molecule has 7 nitrogen and oxygen atoms in total. The molecule has 0 bridgehead atoms. The third-order valence-corrected chi connectivity index (χ3v) is 2.90. The van der Waals surface area contributed by atoms with E-state index in [-0.39, 0.29) is 12.0 Å². The maximum Gasteiger partial charge on any atom is 0.255 e. The van der Waals surface area contributed by atoms with E-state index in [0.717, 1.165) is 5.56 Å². The molecular formula is C15H13N4O3-. The molecule has 7 heteroatoms. The molecule has 0 aliphatic rings. The fourth-order valence-electron chi connectivity index (χ4n) is 1.92. The van der Waals surface area contributed by atoms with Gasteiger partial charge in [0.05, 0.1) is 37.1 Å². The lowest BCUT2D eigenvalue weighted by Gasteiger charge is -2.05. The fraction of sp³-hybridized carbons (Fsp3) is 0.200. The molecule has 1 aromatic heterocycles. The highest BCUT2D eigenvalue weighted by molar-refractivity contribution is 6.00. The van der Waals surface area contributed by atoms with E-state index >= 15 is 0 Å². The Labute approximate surface area is 126 Å². The molecular weight excluding hydrogens is 284 g/mol. The Balaban J connectivity index is 2.33. The molecule has 0 radical (unpaired) electrons. The lowest BCUT2D eigenvalue weighted by molar-refractivity contribution is -0.303. The van der Waals surface area contributed by atoms with Crippen LogP contribution in [0.1, 0.15) is 16.8 Å². The van der Waals surface area contributed by atoms with Crippen molar-refractivity contribution in [2.75, 3.05) is 6.54 Å². The first-order chi connectivity index (χ1) is 10.6. The average molecular weight is 297 g/mol. The van der Waals surface area contributed by atoms with Crippen LogP contribution in [0.5, 0.6) is 0 Å². The molecule has 0 saturated heterocycles. The summed E-state index contributed by atoms with van der Waals surface area (Å²) in [6.45, 7) is -0.222. The Morgan fingerprint density at radius 3 is 2.68 bits per heavy atom. The molecule has 1 heterocycles. The maximum absolute atomic E-state index is 12.1. The first kappa shape index (κ1) is 15.3. The molecule has 112 valence electrons. The van der Waals surface area contributed by atoms with Gasteiger partial charge in [-0.3, -0.25) is 9.48 Å². The minimum absolute atomic E-state index is 0.255. The van der Waals surface area contributed by atoms with Crippen LogP contribution in [-0.4, -0.2) is 28.2 Å². The van der Waals surface area contributed by atoms with Gasteiger partial charge in [0, 0.05) is 11.8 Å². The van der Waals surface area contributed by atoms with Crippen molar-refractivity contribution in [1.82, 2.24) is 15.1 Å². The minimum Gasteiger partial charge on any atom is -0.548 e. The topological polar surface area (TPSA) is 111 Å². The number of rotatable bonds is 6. The zero-order chi connectivity index (χ0) is 15.9. The van der Waals surface area contributed by atoms with Crippen LogP contribution in [0.25, 0.3) is 11.3 Å². The third kappa shape index (κ3) is 3.70. The Bertz CT molecular complexity index is 716. The summed E-state index contributed by atoms with van der Waals surface area (Å²) in [6.07, 6.45) is 1.76. The van der Waals surface area contributed by atoms with Gasteiger partial charge in [-0.2, -0.15) is 10.4 Å². The molecule has 1 aromatic carbocycles. The van der Waals surface area contributed by atoms with Gasteiger partial charge < -0.3 is 15.2 Å². The number of carboxylic acids is 1. The number of hydrogen-bond donors (Lipinski definition) is 1. The van der Waals surface area contributed by atoms with E-state index in [2.05, 4.69) is 10.4 Å². The van der Waals surface area contributed by atoms with Gasteiger partial charge in [0.1, 0.15) is 5.69 Å². The van der Waals surface area contributed by atoms with Gasteiger partial charge in [0.2, 0.25) is 0 Å². The Morgan fingerprint density at radius 1 is 1.32 bits per heavy atom. The zero-order valence-corrected chi connectivity index (χ0v) is 11.7. The number of carbonyl (C=O) groups is 2. The number of amides is 1. The van der Waals surface area contributed by atoms with Crippen LogP contribution in [0.3, 0.4) is 0 Å². The van der Waals surface area contributed by atoms with Crippen molar-refractivity contribution >= 4 is 11.9 Å². The molecule has 1 amide bonds. The van der Waals surface area contributed by atoms with Crippen molar-refractivity contribution in [3.8, 4) is 17.3 Å². The number of benzene rings is 1. The summed E-state index contributed by atoms with van der Waals surface area (Å²) in [4.78, 5) is 22.6. The largest absolute Gasteiger partial charge is 0.548 e. The number of aryl methyl sites for hydroxylation is 1. The molecule has 22 heavy (non-hydrogen) atoms. The van der Waals surface area contributed by atoms with Crippen molar-refractivity contribution in [1.29, 1.82) is 5.26 Å². The van der Waals surface area contributed by atoms with E-state index in [1.54, 1.807) is 12.1 Å². The summed E-state index contributed by atoms with van der Waals surface area (Å²) in [5.74, 6) is -1.92. The van der Waals surface area contributed by atoms with Crippen LogP contribution in [-0.2, 0) is 11.3 Å². The molecule has 0 fully saturated rings. The number of carboxylic acid groups (broad SMARTS) is 1. The second kappa shape index (κ2) is 7.04. The lowest BCUT2D eigenvalue weighted by Crippen LogP contribution is -2.37. The highest BCUT2D eigenvalue weighted by Crippen LogP contribution is 2.21. The summed E-state index contributed by atoms with van der Waals surface area (Å²) < 4.78 is 1.50. The van der Waals surface area contributed by atoms with Crippen molar-refractivity contribution in [3.63, 3.8) is 0 Å². The minimum atomic E-state index is -1.37. The van der Waals surface area contributed by atoms with Crippen LogP contribution < -0.4 is 10.4 Å². The number of nitriles is 1. The number of aliphatic carboxylic acids is 1. The molecule has 2 rings (SSSR count). The molecule has 0 atom stereocenters. The van der Waals surface area contributed by atoms with E-state index in [9.17, 15) is 14.7 Å². The van der Waals surface area contributed by atoms with Crippen LogP contribution in [0.2, 0.25) is 0 Å². The van der Waals surface area contributed by atoms with E-state index in [0.29, 0.717) is 12.2 Å². The Morgan fingerprint density at radius 2 is 2.05 bits per heavy atom. The summed E-state index contributed by atoms with van der Waals surface area (Å²) in [5, 5.41) is 25.7. The number of nitrogens with zero attached hydrogens (tertiary/aromatic N) is 3. The van der Waals surface area contributed by atoms with Gasteiger partial charge in [-0.25, -0.2) is 0 Å². The SMILES string of the molecule is N#CCCn1cc(C(=O)NCC(=O)[O-])c(-c2ccccc2)n1. The summed E-state index contributed by atoms with van der Waals surface area (Å²) in [6, 6.07) is 11.1. The van der Waals surface area contributed by atoms with E-state index < -0.39 is 18.4 Å². The second-order valence-electron chi connectivity index (χ2n) is 4.48. The Hall–Kier alpha value is -3.14. The summed E-state index contributed by atoms with van der Waals surface area (Å²) in [5.41, 5.74) is 1.43. The number of nitrogens with one attached hydrogen (secondary N) is 1. The van der Waals surface area contributed by atoms with Crippen molar-refractivity contribution in [2.24, 2.45) is 0 Å².